The van der Waals surface area contributed by atoms with E-state index in [1.54, 1.807) is 7.11 Å². The lowest BCUT2D eigenvalue weighted by molar-refractivity contribution is -0.142. The number of carboxylic acids is 1. The van der Waals surface area contributed by atoms with E-state index in [0.29, 0.717) is 30.5 Å². The number of ether oxygens (including phenoxy) is 1. The summed E-state index contributed by atoms with van der Waals surface area (Å²) in [6, 6.07) is 0. The first-order valence-electron chi connectivity index (χ1n) is 7.13. The summed E-state index contributed by atoms with van der Waals surface area (Å²) in [5.41, 5.74) is 0. The van der Waals surface area contributed by atoms with Crippen molar-refractivity contribution in [3.63, 3.8) is 0 Å². The fourth-order valence-electron chi connectivity index (χ4n) is 2.86. The fraction of sp³-hybridized carbons (Fsp3) is 0.786. The molecule has 0 saturated heterocycles. The normalized spacial score (nSPS) is 27.6. The molecule has 0 spiro atoms. The highest BCUT2D eigenvalue weighted by Crippen LogP contribution is 2.43. The van der Waals surface area contributed by atoms with E-state index in [-0.39, 0.29) is 12.0 Å². The first-order chi connectivity index (χ1) is 9.55. The molecule has 20 heavy (non-hydrogen) atoms. The average Bonchev–Trinajstić information content (AvgIpc) is 3.04. The molecular weight excluding hydrogens is 260 g/mol. The Balaban J connectivity index is 2.11. The maximum absolute atomic E-state index is 11.4. The molecule has 0 radical (unpaired) electrons. The van der Waals surface area contributed by atoms with Gasteiger partial charge in [-0.15, -0.1) is 0 Å². The van der Waals surface area contributed by atoms with Crippen LogP contribution in [0.3, 0.4) is 0 Å². The Kier molecular flexibility index (Phi) is 4.75. The Morgan fingerprint density at radius 3 is 2.90 bits per heavy atom. The van der Waals surface area contributed by atoms with Gasteiger partial charge in [0.05, 0.1) is 17.9 Å². The zero-order chi connectivity index (χ0) is 14.7. The van der Waals surface area contributed by atoms with Crippen molar-refractivity contribution in [2.45, 2.75) is 51.6 Å². The number of carboxylic acid groups (broad SMARTS) is 1. The zero-order valence-electron chi connectivity index (χ0n) is 12.2. The summed E-state index contributed by atoms with van der Waals surface area (Å²) < 4.78 is 10.5. The van der Waals surface area contributed by atoms with Crippen LogP contribution in [-0.2, 0) is 16.0 Å². The van der Waals surface area contributed by atoms with E-state index in [4.69, 9.17) is 9.26 Å². The predicted octanol–water partition coefficient (Wildman–Crippen LogP) is 2.25. The van der Waals surface area contributed by atoms with Gasteiger partial charge in [0, 0.05) is 13.5 Å². The lowest BCUT2D eigenvalue weighted by atomic mass is 9.96. The van der Waals surface area contributed by atoms with Gasteiger partial charge < -0.3 is 14.4 Å². The van der Waals surface area contributed by atoms with Crippen LogP contribution in [0.2, 0.25) is 0 Å². The number of carbonyl (C=O) groups is 1. The van der Waals surface area contributed by atoms with Crippen molar-refractivity contribution in [3.05, 3.63) is 11.7 Å². The molecule has 1 aliphatic carbocycles. The summed E-state index contributed by atoms with van der Waals surface area (Å²) in [7, 11) is 1.63. The van der Waals surface area contributed by atoms with Gasteiger partial charge in [-0.3, -0.25) is 4.79 Å². The molecule has 6 heteroatoms. The molecule has 4 unspecified atom stereocenters. The third kappa shape index (κ3) is 3.17. The van der Waals surface area contributed by atoms with Crippen LogP contribution in [0.4, 0.5) is 0 Å². The Morgan fingerprint density at radius 2 is 2.30 bits per heavy atom. The Hall–Kier alpha value is -1.43. The molecule has 1 heterocycles. The minimum atomic E-state index is -0.768. The smallest absolute Gasteiger partial charge is 0.307 e. The van der Waals surface area contributed by atoms with E-state index in [0.717, 1.165) is 12.8 Å². The molecule has 0 amide bonds. The van der Waals surface area contributed by atoms with E-state index >= 15 is 0 Å². The van der Waals surface area contributed by atoms with Crippen LogP contribution in [0, 0.1) is 11.8 Å². The van der Waals surface area contributed by atoms with Gasteiger partial charge in [-0.2, -0.15) is 4.98 Å². The molecule has 0 bridgehead atoms. The van der Waals surface area contributed by atoms with E-state index in [1.165, 1.54) is 0 Å². The summed E-state index contributed by atoms with van der Waals surface area (Å²) in [4.78, 5) is 15.7. The SMILES string of the molecule is CCC1CC(C(=O)O)C(c2nc(CC(C)OC)no2)C1. The Morgan fingerprint density at radius 1 is 1.55 bits per heavy atom. The highest BCUT2D eigenvalue weighted by Gasteiger charge is 2.41. The minimum Gasteiger partial charge on any atom is -0.481 e. The quantitative estimate of drug-likeness (QED) is 0.861. The standard InChI is InChI=1S/C14H22N2O4/c1-4-9-6-10(11(7-9)14(17)18)13-15-12(16-20-13)5-8(2)19-3/h8-11H,4-7H2,1-3H3,(H,17,18). The molecule has 112 valence electrons. The second kappa shape index (κ2) is 6.35. The van der Waals surface area contributed by atoms with Crippen molar-refractivity contribution < 1.29 is 19.2 Å². The summed E-state index contributed by atoms with van der Waals surface area (Å²) in [6.45, 7) is 4.02. The van der Waals surface area contributed by atoms with E-state index in [9.17, 15) is 9.90 Å². The second-order valence-corrected chi connectivity index (χ2v) is 5.60. The molecular formula is C14H22N2O4. The fourth-order valence-corrected chi connectivity index (χ4v) is 2.86. The molecule has 1 aromatic heterocycles. The number of aromatic nitrogens is 2. The van der Waals surface area contributed by atoms with Crippen molar-refractivity contribution >= 4 is 5.97 Å². The lowest BCUT2D eigenvalue weighted by Gasteiger charge is -2.10. The van der Waals surface area contributed by atoms with Crippen LogP contribution < -0.4 is 0 Å². The molecule has 1 N–H and O–H groups in total. The van der Waals surface area contributed by atoms with Crippen molar-refractivity contribution in [2.24, 2.45) is 11.8 Å². The molecule has 0 aliphatic heterocycles. The lowest BCUT2D eigenvalue weighted by Crippen LogP contribution is -2.17. The number of methoxy groups -OCH3 is 1. The van der Waals surface area contributed by atoms with Gasteiger partial charge >= 0.3 is 5.97 Å². The first-order valence-corrected chi connectivity index (χ1v) is 7.13. The van der Waals surface area contributed by atoms with Crippen LogP contribution in [0.15, 0.2) is 4.52 Å². The van der Waals surface area contributed by atoms with Crippen LogP contribution in [-0.4, -0.2) is 34.4 Å². The number of hydrogen-bond donors (Lipinski definition) is 1. The maximum atomic E-state index is 11.4. The van der Waals surface area contributed by atoms with E-state index in [1.807, 2.05) is 6.92 Å². The average molecular weight is 282 g/mol. The monoisotopic (exact) mass is 282 g/mol. The Bertz CT molecular complexity index is 460. The summed E-state index contributed by atoms with van der Waals surface area (Å²) in [5, 5.41) is 13.3. The Labute approximate surface area is 118 Å². The number of nitrogens with zero attached hydrogens (tertiary/aromatic N) is 2. The van der Waals surface area contributed by atoms with Gasteiger partial charge in [-0.05, 0) is 25.7 Å². The molecule has 2 rings (SSSR count). The summed E-state index contributed by atoms with van der Waals surface area (Å²) >= 11 is 0. The second-order valence-electron chi connectivity index (χ2n) is 5.60. The minimum absolute atomic E-state index is 0.0164. The van der Waals surface area contributed by atoms with Gasteiger partial charge in [-0.1, -0.05) is 18.5 Å². The van der Waals surface area contributed by atoms with Gasteiger partial charge in [-0.25, -0.2) is 0 Å². The number of rotatable bonds is 6. The van der Waals surface area contributed by atoms with Crippen LogP contribution in [0.5, 0.6) is 0 Å². The van der Waals surface area contributed by atoms with E-state index in [2.05, 4.69) is 17.1 Å². The summed E-state index contributed by atoms with van der Waals surface area (Å²) in [5.74, 6) is 0.139. The largest absolute Gasteiger partial charge is 0.481 e. The van der Waals surface area contributed by atoms with Crippen LogP contribution in [0.25, 0.3) is 0 Å². The maximum Gasteiger partial charge on any atom is 0.307 e. The van der Waals surface area contributed by atoms with Crippen molar-refractivity contribution in [1.29, 1.82) is 0 Å². The molecule has 6 nitrogen and oxygen atoms in total. The highest BCUT2D eigenvalue weighted by molar-refractivity contribution is 5.71. The predicted molar refractivity (Wildman–Crippen MR) is 71.4 cm³/mol. The van der Waals surface area contributed by atoms with Crippen LogP contribution in [0.1, 0.15) is 50.7 Å². The van der Waals surface area contributed by atoms with Gasteiger partial charge in [0.2, 0.25) is 5.89 Å². The van der Waals surface area contributed by atoms with Gasteiger partial charge in [0.1, 0.15) is 0 Å². The van der Waals surface area contributed by atoms with Crippen LogP contribution >= 0.6 is 0 Å². The van der Waals surface area contributed by atoms with Crippen molar-refractivity contribution in [3.8, 4) is 0 Å². The number of aliphatic carboxylic acids is 1. The topological polar surface area (TPSA) is 85.5 Å². The zero-order valence-corrected chi connectivity index (χ0v) is 12.2. The number of hydrogen-bond acceptors (Lipinski definition) is 5. The van der Waals surface area contributed by atoms with Gasteiger partial charge in [0.15, 0.2) is 5.82 Å². The molecule has 1 saturated carbocycles. The van der Waals surface area contributed by atoms with Gasteiger partial charge in [0.25, 0.3) is 0 Å². The highest BCUT2D eigenvalue weighted by atomic mass is 16.5. The van der Waals surface area contributed by atoms with Crippen molar-refractivity contribution in [1.82, 2.24) is 10.1 Å². The van der Waals surface area contributed by atoms with E-state index < -0.39 is 11.9 Å². The van der Waals surface area contributed by atoms with Crippen molar-refractivity contribution in [2.75, 3.05) is 7.11 Å². The molecule has 0 aromatic carbocycles. The third-order valence-corrected chi connectivity index (χ3v) is 4.23. The first kappa shape index (κ1) is 15.0. The third-order valence-electron chi connectivity index (χ3n) is 4.23. The molecule has 4 atom stereocenters. The molecule has 1 aliphatic rings. The molecule has 1 aromatic rings. The summed E-state index contributed by atoms with van der Waals surface area (Å²) in [6.07, 6.45) is 3.09. The molecule has 1 fully saturated rings.